The van der Waals surface area contributed by atoms with E-state index in [1.54, 1.807) is 0 Å². The van der Waals surface area contributed by atoms with E-state index >= 15 is 0 Å². The van der Waals surface area contributed by atoms with Crippen LogP contribution in [0.25, 0.3) is 0 Å². The third-order valence-corrected chi connectivity index (χ3v) is 4.56. The molecule has 0 saturated carbocycles. The van der Waals surface area contributed by atoms with Gasteiger partial charge < -0.3 is 5.11 Å². The maximum absolute atomic E-state index is 11.2. The van der Waals surface area contributed by atoms with Gasteiger partial charge >= 0.3 is 5.97 Å². The van der Waals surface area contributed by atoms with E-state index in [0.717, 1.165) is 21.5 Å². The van der Waals surface area contributed by atoms with Crippen molar-refractivity contribution in [3.8, 4) is 0 Å². The van der Waals surface area contributed by atoms with Crippen LogP contribution < -0.4 is 0 Å². The second-order valence-corrected chi connectivity index (χ2v) is 5.75. The Morgan fingerprint density at radius 3 is 2.78 bits per heavy atom. The summed E-state index contributed by atoms with van der Waals surface area (Å²) in [6.07, 6.45) is 1.31. The van der Waals surface area contributed by atoms with E-state index in [9.17, 15) is 9.90 Å². The number of hydrogen-bond donors (Lipinski definition) is 1. The molecule has 1 N–H and O–H groups in total. The number of carboxylic acid groups (broad SMARTS) is 1. The van der Waals surface area contributed by atoms with E-state index in [1.165, 1.54) is 11.3 Å². The number of halogens is 1. The molecule has 2 aromatic rings. The van der Waals surface area contributed by atoms with E-state index in [0.29, 0.717) is 17.0 Å². The normalized spacial score (nSPS) is 10.6. The number of aromatic nitrogens is 1. The summed E-state index contributed by atoms with van der Waals surface area (Å²) < 4.78 is 0.979. The van der Waals surface area contributed by atoms with Gasteiger partial charge in [0.2, 0.25) is 0 Å². The van der Waals surface area contributed by atoms with Crippen molar-refractivity contribution in [3.05, 3.63) is 49.9 Å². The van der Waals surface area contributed by atoms with Crippen LogP contribution >= 0.6 is 27.3 Å². The third-order valence-electron chi connectivity index (χ3n) is 2.55. The van der Waals surface area contributed by atoms with E-state index in [1.807, 2.05) is 31.2 Å². The van der Waals surface area contributed by atoms with Gasteiger partial charge in [-0.15, -0.1) is 11.3 Å². The lowest BCUT2D eigenvalue weighted by atomic mass is 10.1. The maximum atomic E-state index is 11.2. The number of carboxylic acids is 1. The minimum atomic E-state index is -0.894. The Kier molecular flexibility index (Phi) is 4.14. The number of nitrogens with zero attached hydrogens (tertiary/aromatic N) is 1. The van der Waals surface area contributed by atoms with Crippen molar-refractivity contribution in [2.75, 3.05) is 0 Å². The Hall–Kier alpha value is -1.20. The van der Waals surface area contributed by atoms with Gasteiger partial charge in [-0.3, -0.25) is 0 Å². The SMILES string of the molecule is CCc1nc(Cc2ccccc2Br)c(C(=O)O)s1. The number of aryl methyl sites for hydroxylation is 1. The molecule has 0 bridgehead atoms. The number of thiazole rings is 1. The van der Waals surface area contributed by atoms with Gasteiger partial charge in [-0.1, -0.05) is 41.1 Å². The second-order valence-electron chi connectivity index (χ2n) is 3.81. The molecular formula is C13H12BrNO2S. The molecule has 0 aliphatic rings. The topological polar surface area (TPSA) is 50.2 Å². The van der Waals surface area contributed by atoms with Crippen LogP contribution in [0.15, 0.2) is 28.7 Å². The molecule has 1 aromatic heterocycles. The van der Waals surface area contributed by atoms with Crippen LogP contribution in [0.5, 0.6) is 0 Å². The largest absolute Gasteiger partial charge is 0.477 e. The predicted molar refractivity (Wildman–Crippen MR) is 75.4 cm³/mol. The van der Waals surface area contributed by atoms with Gasteiger partial charge in [0.25, 0.3) is 0 Å². The van der Waals surface area contributed by atoms with Crippen molar-refractivity contribution in [2.24, 2.45) is 0 Å². The fraction of sp³-hybridized carbons (Fsp3) is 0.231. The van der Waals surface area contributed by atoms with Gasteiger partial charge in [0.1, 0.15) is 4.88 Å². The number of benzene rings is 1. The molecule has 0 spiro atoms. The molecule has 0 fully saturated rings. The highest BCUT2D eigenvalue weighted by atomic mass is 79.9. The second kappa shape index (κ2) is 5.63. The summed E-state index contributed by atoms with van der Waals surface area (Å²) in [6, 6.07) is 7.79. The highest BCUT2D eigenvalue weighted by Crippen LogP contribution is 2.25. The zero-order chi connectivity index (χ0) is 13.1. The van der Waals surface area contributed by atoms with Gasteiger partial charge in [0.15, 0.2) is 0 Å². The third kappa shape index (κ3) is 2.79. The molecule has 94 valence electrons. The smallest absolute Gasteiger partial charge is 0.347 e. The van der Waals surface area contributed by atoms with Gasteiger partial charge in [-0.25, -0.2) is 9.78 Å². The summed E-state index contributed by atoms with van der Waals surface area (Å²) in [5.41, 5.74) is 1.70. The van der Waals surface area contributed by atoms with E-state index < -0.39 is 5.97 Å². The summed E-state index contributed by atoms with van der Waals surface area (Å²) in [6.45, 7) is 1.98. The molecule has 2 rings (SSSR count). The lowest BCUT2D eigenvalue weighted by Gasteiger charge is -2.02. The van der Waals surface area contributed by atoms with Crippen LogP contribution in [0.1, 0.15) is 32.9 Å². The van der Waals surface area contributed by atoms with Crippen molar-refractivity contribution in [1.82, 2.24) is 4.98 Å². The number of hydrogen-bond acceptors (Lipinski definition) is 3. The Morgan fingerprint density at radius 1 is 1.44 bits per heavy atom. The monoisotopic (exact) mass is 325 g/mol. The predicted octanol–water partition coefficient (Wildman–Crippen LogP) is 3.76. The molecule has 1 heterocycles. The van der Waals surface area contributed by atoms with Crippen LogP contribution in [-0.4, -0.2) is 16.1 Å². The number of carbonyl (C=O) groups is 1. The average molecular weight is 326 g/mol. The molecule has 0 unspecified atom stereocenters. The molecule has 5 heteroatoms. The molecule has 0 aliphatic carbocycles. The zero-order valence-electron chi connectivity index (χ0n) is 9.81. The fourth-order valence-corrected chi connectivity index (χ4v) is 2.94. The molecule has 18 heavy (non-hydrogen) atoms. The van der Waals surface area contributed by atoms with Crippen molar-refractivity contribution < 1.29 is 9.90 Å². The van der Waals surface area contributed by atoms with Crippen LogP contribution in [0.2, 0.25) is 0 Å². The number of aromatic carboxylic acids is 1. The molecule has 0 radical (unpaired) electrons. The van der Waals surface area contributed by atoms with Crippen LogP contribution in [0.3, 0.4) is 0 Å². The summed E-state index contributed by atoms with van der Waals surface area (Å²) in [5, 5.41) is 10.1. The highest BCUT2D eigenvalue weighted by molar-refractivity contribution is 9.10. The first-order valence-electron chi connectivity index (χ1n) is 5.57. The van der Waals surface area contributed by atoms with Crippen molar-refractivity contribution in [2.45, 2.75) is 19.8 Å². The van der Waals surface area contributed by atoms with Crippen LogP contribution in [-0.2, 0) is 12.8 Å². The summed E-state index contributed by atoms with van der Waals surface area (Å²) in [4.78, 5) is 15.9. The van der Waals surface area contributed by atoms with Gasteiger partial charge in [-0.2, -0.15) is 0 Å². The number of rotatable bonds is 4. The van der Waals surface area contributed by atoms with Gasteiger partial charge in [-0.05, 0) is 18.1 Å². The lowest BCUT2D eigenvalue weighted by molar-refractivity contribution is 0.0701. The summed E-state index contributed by atoms with van der Waals surface area (Å²) >= 11 is 4.73. The van der Waals surface area contributed by atoms with Gasteiger partial charge in [0, 0.05) is 10.9 Å². The Bertz CT molecular complexity index is 580. The van der Waals surface area contributed by atoms with E-state index in [4.69, 9.17) is 0 Å². The minimum absolute atomic E-state index is 0.350. The Morgan fingerprint density at radius 2 is 2.17 bits per heavy atom. The summed E-state index contributed by atoms with van der Waals surface area (Å²) in [7, 11) is 0. The molecular weight excluding hydrogens is 314 g/mol. The molecule has 0 saturated heterocycles. The van der Waals surface area contributed by atoms with Crippen LogP contribution in [0.4, 0.5) is 0 Å². The van der Waals surface area contributed by atoms with E-state index in [2.05, 4.69) is 20.9 Å². The highest BCUT2D eigenvalue weighted by Gasteiger charge is 2.17. The van der Waals surface area contributed by atoms with Crippen molar-refractivity contribution >= 4 is 33.2 Å². The first-order chi connectivity index (χ1) is 8.61. The minimum Gasteiger partial charge on any atom is -0.477 e. The Balaban J connectivity index is 2.36. The quantitative estimate of drug-likeness (QED) is 0.931. The molecule has 0 aliphatic heterocycles. The first kappa shape index (κ1) is 13.2. The average Bonchev–Trinajstić information content (AvgIpc) is 2.75. The lowest BCUT2D eigenvalue weighted by Crippen LogP contribution is -2.00. The van der Waals surface area contributed by atoms with Crippen LogP contribution in [0, 0.1) is 0 Å². The zero-order valence-corrected chi connectivity index (χ0v) is 12.2. The standard InChI is InChI=1S/C13H12BrNO2S/c1-2-11-15-10(12(18-11)13(16)17)7-8-5-3-4-6-9(8)14/h3-6H,2,7H2,1H3,(H,16,17). The Labute approximate surface area is 118 Å². The van der Waals surface area contributed by atoms with E-state index in [-0.39, 0.29) is 0 Å². The molecule has 0 atom stereocenters. The molecule has 3 nitrogen and oxygen atoms in total. The van der Waals surface area contributed by atoms with Crippen molar-refractivity contribution in [1.29, 1.82) is 0 Å². The maximum Gasteiger partial charge on any atom is 0.347 e. The summed E-state index contributed by atoms with van der Waals surface area (Å²) in [5.74, 6) is -0.894. The molecule has 1 aromatic carbocycles. The molecule has 0 amide bonds. The van der Waals surface area contributed by atoms with Gasteiger partial charge in [0.05, 0.1) is 10.7 Å². The fourth-order valence-electron chi connectivity index (χ4n) is 1.66. The van der Waals surface area contributed by atoms with Crippen molar-refractivity contribution in [3.63, 3.8) is 0 Å². The first-order valence-corrected chi connectivity index (χ1v) is 7.18.